The smallest absolute Gasteiger partial charge is 0.306 e. The van der Waals surface area contributed by atoms with Crippen LogP contribution in [0.2, 0.25) is 0 Å². The van der Waals surface area contributed by atoms with Crippen LogP contribution in [-0.2, 0) is 4.79 Å². The topological polar surface area (TPSA) is 40.5 Å². The van der Waals surface area contributed by atoms with Gasteiger partial charge in [0.05, 0.1) is 5.92 Å². The van der Waals surface area contributed by atoms with Crippen molar-refractivity contribution in [1.29, 1.82) is 0 Å². The van der Waals surface area contributed by atoms with Crippen molar-refractivity contribution < 1.29 is 9.90 Å². The molecule has 1 aliphatic heterocycles. The van der Waals surface area contributed by atoms with Crippen molar-refractivity contribution in [2.24, 2.45) is 5.92 Å². The van der Waals surface area contributed by atoms with E-state index in [9.17, 15) is 9.90 Å². The van der Waals surface area contributed by atoms with Crippen LogP contribution in [0.1, 0.15) is 32.3 Å². The van der Waals surface area contributed by atoms with Gasteiger partial charge in [-0.25, -0.2) is 0 Å². The van der Waals surface area contributed by atoms with Crippen molar-refractivity contribution in [3.8, 4) is 0 Å². The van der Waals surface area contributed by atoms with E-state index in [0.29, 0.717) is 12.8 Å². The number of piperidine rings is 1. The molecule has 0 saturated carbocycles. The number of aliphatic carboxylic acids is 1. The SMILES string of the molecule is Cc1ccc(N2CCC(C(=O)O)CC2(C)C)cc1Br. The number of hydrogen-bond donors (Lipinski definition) is 1. The van der Waals surface area contributed by atoms with Crippen LogP contribution in [0.25, 0.3) is 0 Å². The summed E-state index contributed by atoms with van der Waals surface area (Å²) in [4.78, 5) is 13.5. The van der Waals surface area contributed by atoms with Crippen LogP contribution < -0.4 is 4.90 Å². The van der Waals surface area contributed by atoms with E-state index in [1.807, 2.05) is 0 Å². The average Bonchev–Trinajstić information content (AvgIpc) is 2.31. The summed E-state index contributed by atoms with van der Waals surface area (Å²) < 4.78 is 1.10. The second kappa shape index (κ2) is 5.16. The van der Waals surface area contributed by atoms with Gasteiger partial charge in [-0.3, -0.25) is 4.79 Å². The number of halogens is 1. The van der Waals surface area contributed by atoms with Gasteiger partial charge in [-0.1, -0.05) is 22.0 Å². The van der Waals surface area contributed by atoms with E-state index in [4.69, 9.17) is 0 Å². The number of carboxylic acids is 1. The highest BCUT2D eigenvalue weighted by molar-refractivity contribution is 9.10. The molecule has 0 bridgehead atoms. The van der Waals surface area contributed by atoms with Gasteiger partial charge < -0.3 is 10.0 Å². The first-order chi connectivity index (χ1) is 8.81. The average molecular weight is 326 g/mol. The predicted molar refractivity (Wildman–Crippen MR) is 80.7 cm³/mol. The molecular formula is C15H20BrNO2. The van der Waals surface area contributed by atoms with Gasteiger partial charge in [-0.15, -0.1) is 0 Å². The summed E-state index contributed by atoms with van der Waals surface area (Å²) in [6.45, 7) is 7.10. The summed E-state index contributed by atoms with van der Waals surface area (Å²) in [7, 11) is 0. The van der Waals surface area contributed by atoms with Gasteiger partial charge in [0, 0.05) is 22.2 Å². The van der Waals surface area contributed by atoms with Crippen LogP contribution in [-0.4, -0.2) is 23.2 Å². The summed E-state index contributed by atoms with van der Waals surface area (Å²) in [5.41, 5.74) is 2.24. The van der Waals surface area contributed by atoms with E-state index in [-0.39, 0.29) is 11.5 Å². The molecule has 1 aromatic rings. The number of aryl methyl sites for hydroxylation is 1. The lowest BCUT2D eigenvalue weighted by molar-refractivity contribution is -0.143. The van der Waals surface area contributed by atoms with Gasteiger partial charge in [0.15, 0.2) is 0 Å². The van der Waals surface area contributed by atoms with Gasteiger partial charge in [0.2, 0.25) is 0 Å². The number of hydrogen-bond acceptors (Lipinski definition) is 2. The Morgan fingerprint density at radius 2 is 2.16 bits per heavy atom. The third-order valence-electron chi connectivity index (χ3n) is 3.99. The Morgan fingerprint density at radius 1 is 1.47 bits per heavy atom. The van der Waals surface area contributed by atoms with Crippen molar-refractivity contribution in [2.45, 2.75) is 39.2 Å². The Bertz CT molecular complexity index is 499. The Balaban J connectivity index is 2.25. The molecule has 19 heavy (non-hydrogen) atoms. The van der Waals surface area contributed by atoms with Gasteiger partial charge in [0.1, 0.15) is 0 Å². The van der Waals surface area contributed by atoms with Crippen LogP contribution in [0.5, 0.6) is 0 Å². The molecule has 0 amide bonds. The largest absolute Gasteiger partial charge is 0.481 e. The highest BCUT2D eigenvalue weighted by Gasteiger charge is 2.37. The molecule has 3 nitrogen and oxygen atoms in total. The number of anilines is 1. The maximum Gasteiger partial charge on any atom is 0.306 e. The lowest BCUT2D eigenvalue weighted by Gasteiger charge is -2.46. The first-order valence-electron chi connectivity index (χ1n) is 6.58. The molecule has 1 N–H and O–H groups in total. The van der Waals surface area contributed by atoms with E-state index < -0.39 is 5.97 Å². The quantitative estimate of drug-likeness (QED) is 0.898. The molecule has 1 saturated heterocycles. The first kappa shape index (κ1) is 14.4. The maximum atomic E-state index is 11.2. The van der Waals surface area contributed by atoms with Gasteiger partial charge >= 0.3 is 5.97 Å². The number of rotatable bonds is 2. The molecular weight excluding hydrogens is 306 g/mol. The second-order valence-corrected chi connectivity index (χ2v) is 6.78. The summed E-state index contributed by atoms with van der Waals surface area (Å²) in [5.74, 6) is -0.891. The third-order valence-corrected chi connectivity index (χ3v) is 4.85. The Kier molecular flexibility index (Phi) is 3.90. The molecule has 1 unspecified atom stereocenters. The number of nitrogens with zero attached hydrogens (tertiary/aromatic N) is 1. The third kappa shape index (κ3) is 2.94. The fourth-order valence-corrected chi connectivity index (χ4v) is 3.21. The van der Waals surface area contributed by atoms with Crippen LogP contribution in [0.15, 0.2) is 22.7 Å². The summed E-state index contributed by atoms with van der Waals surface area (Å²) in [6.07, 6.45) is 1.40. The minimum absolute atomic E-state index is 0.129. The normalized spacial score (nSPS) is 22.3. The molecule has 1 aromatic carbocycles. The Hall–Kier alpha value is -1.03. The fraction of sp³-hybridized carbons (Fsp3) is 0.533. The van der Waals surface area contributed by atoms with E-state index in [1.54, 1.807) is 0 Å². The van der Waals surface area contributed by atoms with Crippen molar-refractivity contribution in [2.75, 3.05) is 11.4 Å². The lowest BCUT2D eigenvalue weighted by atomic mass is 9.82. The Labute approximate surface area is 122 Å². The van der Waals surface area contributed by atoms with Crippen molar-refractivity contribution >= 4 is 27.6 Å². The molecule has 1 atom stereocenters. The van der Waals surface area contributed by atoms with Crippen LogP contribution in [0, 0.1) is 12.8 Å². The summed E-state index contributed by atoms with van der Waals surface area (Å²) in [6, 6.07) is 6.33. The van der Waals surface area contributed by atoms with E-state index >= 15 is 0 Å². The van der Waals surface area contributed by atoms with Crippen LogP contribution in [0.3, 0.4) is 0 Å². The number of carboxylic acid groups (broad SMARTS) is 1. The zero-order chi connectivity index (χ0) is 14.2. The van der Waals surface area contributed by atoms with Crippen molar-refractivity contribution in [1.82, 2.24) is 0 Å². The number of benzene rings is 1. The summed E-state index contributed by atoms with van der Waals surface area (Å²) >= 11 is 3.56. The predicted octanol–water partition coefficient (Wildman–Crippen LogP) is 3.84. The van der Waals surface area contributed by atoms with E-state index in [1.165, 1.54) is 5.56 Å². The molecule has 0 radical (unpaired) electrons. The Morgan fingerprint density at radius 3 is 2.68 bits per heavy atom. The minimum Gasteiger partial charge on any atom is -0.481 e. The van der Waals surface area contributed by atoms with Crippen LogP contribution >= 0.6 is 15.9 Å². The molecule has 104 valence electrons. The van der Waals surface area contributed by atoms with Crippen LogP contribution in [0.4, 0.5) is 5.69 Å². The fourth-order valence-electron chi connectivity index (χ4n) is 2.84. The molecule has 1 aliphatic rings. The first-order valence-corrected chi connectivity index (χ1v) is 7.37. The van der Waals surface area contributed by atoms with Gasteiger partial charge in [-0.2, -0.15) is 0 Å². The zero-order valence-corrected chi connectivity index (χ0v) is 13.2. The minimum atomic E-state index is -0.669. The van der Waals surface area contributed by atoms with Crippen molar-refractivity contribution in [3.05, 3.63) is 28.2 Å². The lowest BCUT2D eigenvalue weighted by Crippen LogP contribution is -2.51. The maximum absolute atomic E-state index is 11.2. The molecule has 4 heteroatoms. The van der Waals surface area contributed by atoms with Gasteiger partial charge in [0.25, 0.3) is 0 Å². The molecule has 1 fully saturated rings. The molecule has 0 spiro atoms. The standard InChI is InChI=1S/C15H20BrNO2/c1-10-4-5-12(8-13(10)16)17-7-6-11(14(18)19)9-15(17,2)3/h4-5,8,11H,6-7,9H2,1-3H3,(H,18,19). The highest BCUT2D eigenvalue weighted by atomic mass is 79.9. The monoisotopic (exact) mass is 325 g/mol. The second-order valence-electron chi connectivity index (χ2n) is 5.93. The molecule has 0 aliphatic carbocycles. The molecule has 0 aromatic heterocycles. The van der Waals surface area contributed by atoms with Crippen molar-refractivity contribution in [3.63, 3.8) is 0 Å². The molecule has 1 heterocycles. The van der Waals surface area contributed by atoms with E-state index in [2.05, 4.69) is 59.8 Å². The van der Waals surface area contributed by atoms with Gasteiger partial charge in [-0.05, 0) is 51.3 Å². The zero-order valence-electron chi connectivity index (χ0n) is 11.6. The van der Waals surface area contributed by atoms with E-state index in [0.717, 1.165) is 16.7 Å². The molecule has 2 rings (SSSR count). The highest BCUT2D eigenvalue weighted by Crippen LogP contribution is 2.36. The summed E-state index contributed by atoms with van der Waals surface area (Å²) in [5, 5.41) is 9.18. The number of carbonyl (C=O) groups is 1.